The van der Waals surface area contributed by atoms with E-state index in [9.17, 15) is 5.11 Å². The summed E-state index contributed by atoms with van der Waals surface area (Å²) in [6, 6.07) is 4.32. The number of rotatable bonds is 2. The molecule has 1 fully saturated rings. The minimum absolute atomic E-state index is 0.286. The number of thiazole rings is 1. The Balaban J connectivity index is 2.08. The molecule has 0 atom stereocenters. The van der Waals surface area contributed by atoms with Crippen LogP contribution in [0.2, 0.25) is 0 Å². The van der Waals surface area contributed by atoms with E-state index in [1.807, 2.05) is 12.1 Å². The summed E-state index contributed by atoms with van der Waals surface area (Å²) < 4.78 is 1.56. The zero-order valence-electron chi connectivity index (χ0n) is 7.83. The van der Waals surface area contributed by atoms with E-state index < -0.39 is 0 Å². The average Bonchev–Trinajstić information content (AvgIpc) is 2.91. The Bertz CT molecular complexity index is 521. The fourth-order valence-corrected chi connectivity index (χ4v) is 2.87. The Kier molecular flexibility index (Phi) is 2.10. The van der Waals surface area contributed by atoms with Crippen molar-refractivity contribution in [2.45, 2.75) is 18.9 Å². The van der Waals surface area contributed by atoms with Gasteiger partial charge in [0.05, 0.1) is 14.7 Å². The van der Waals surface area contributed by atoms with E-state index in [4.69, 9.17) is 0 Å². The monoisotopic (exact) mass is 284 g/mol. The summed E-state index contributed by atoms with van der Waals surface area (Å²) in [4.78, 5) is 4.42. The van der Waals surface area contributed by atoms with Crippen molar-refractivity contribution < 1.29 is 5.11 Å². The lowest BCUT2D eigenvalue weighted by Gasteiger charge is -1.95. The molecule has 1 heterocycles. The van der Waals surface area contributed by atoms with Crippen LogP contribution in [0.15, 0.2) is 16.6 Å². The van der Waals surface area contributed by atoms with E-state index in [1.54, 1.807) is 0 Å². The third kappa shape index (κ3) is 1.70. The zero-order chi connectivity index (χ0) is 10.4. The SMILES string of the molecule is Oc1c(Br)ccc2nc(NC3CC3)sc12. The third-order valence-electron chi connectivity index (χ3n) is 2.39. The van der Waals surface area contributed by atoms with Gasteiger partial charge in [0.15, 0.2) is 5.13 Å². The maximum Gasteiger partial charge on any atom is 0.184 e. The van der Waals surface area contributed by atoms with Gasteiger partial charge in [-0.3, -0.25) is 0 Å². The quantitative estimate of drug-likeness (QED) is 0.889. The van der Waals surface area contributed by atoms with Crippen molar-refractivity contribution in [2.24, 2.45) is 0 Å². The largest absolute Gasteiger partial charge is 0.505 e. The molecule has 0 radical (unpaired) electrons. The van der Waals surface area contributed by atoms with Gasteiger partial charge in [0, 0.05) is 6.04 Å². The zero-order valence-corrected chi connectivity index (χ0v) is 10.2. The lowest BCUT2D eigenvalue weighted by molar-refractivity contribution is 0.479. The van der Waals surface area contributed by atoms with Gasteiger partial charge in [0.1, 0.15) is 5.75 Å². The molecule has 0 amide bonds. The number of hydrogen-bond acceptors (Lipinski definition) is 4. The Morgan fingerprint density at radius 2 is 2.27 bits per heavy atom. The van der Waals surface area contributed by atoms with Crippen molar-refractivity contribution >= 4 is 42.6 Å². The molecule has 1 aliphatic carbocycles. The highest BCUT2D eigenvalue weighted by Crippen LogP contribution is 2.39. The van der Waals surface area contributed by atoms with E-state index in [-0.39, 0.29) is 5.75 Å². The summed E-state index contributed by atoms with van der Waals surface area (Å²) in [7, 11) is 0. The van der Waals surface area contributed by atoms with E-state index in [2.05, 4.69) is 26.2 Å². The van der Waals surface area contributed by atoms with Gasteiger partial charge in [0.2, 0.25) is 0 Å². The van der Waals surface area contributed by atoms with Gasteiger partial charge in [-0.25, -0.2) is 4.98 Å². The smallest absolute Gasteiger partial charge is 0.184 e. The van der Waals surface area contributed by atoms with Crippen LogP contribution < -0.4 is 5.32 Å². The van der Waals surface area contributed by atoms with Gasteiger partial charge >= 0.3 is 0 Å². The van der Waals surface area contributed by atoms with Crippen LogP contribution in [0.4, 0.5) is 5.13 Å². The molecular formula is C10H9BrN2OS. The second-order valence-electron chi connectivity index (χ2n) is 3.68. The predicted octanol–water partition coefficient (Wildman–Crippen LogP) is 3.34. The van der Waals surface area contributed by atoms with Crippen molar-refractivity contribution in [1.82, 2.24) is 4.98 Å². The molecule has 0 unspecified atom stereocenters. The molecular weight excluding hydrogens is 276 g/mol. The Hall–Kier alpha value is -0.810. The number of phenols is 1. The van der Waals surface area contributed by atoms with Gasteiger partial charge in [-0.1, -0.05) is 11.3 Å². The van der Waals surface area contributed by atoms with Crippen LogP contribution in [0, 0.1) is 0 Å². The summed E-state index contributed by atoms with van der Waals surface area (Å²) in [5, 5.41) is 14.1. The lowest BCUT2D eigenvalue weighted by Crippen LogP contribution is -1.99. The van der Waals surface area contributed by atoms with Gasteiger partial charge in [-0.05, 0) is 40.9 Å². The first kappa shape index (κ1) is 9.42. The van der Waals surface area contributed by atoms with Crippen LogP contribution in [0.5, 0.6) is 5.75 Å². The predicted molar refractivity (Wildman–Crippen MR) is 65.6 cm³/mol. The van der Waals surface area contributed by atoms with Crippen LogP contribution in [0.1, 0.15) is 12.8 Å². The number of nitrogens with zero attached hydrogens (tertiary/aromatic N) is 1. The molecule has 3 rings (SSSR count). The average molecular weight is 285 g/mol. The summed E-state index contributed by atoms with van der Waals surface area (Å²) in [6.45, 7) is 0. The molecule has 78 valence electrons. The number of phenolic OH excluding ortho intramolecular Hbond substituents is 1. The highest BCUT2D eigenvalue weighted by Gasteiger charge is 2.22. The number of benzene rings is 1. The molecule has 3 nitrogen and oxygen atoms in total. The third-order valence-corrected chi connectivity index (χ3v) is 4.04. The number of fused-ring (bicyclic) bond motifs is 1. The topological polar surface area (TPSA) is 45.2 Å². The molecule has 1 aliphatic rings. The van der Waals surface area contributed by atoms with Gasteiger partial charge in [-0.2, -0.15) is 0 Å². The molecule has 15 heavy (non-hydrogen) atoms. The fourth-order valence-electron chi connectivity index (χ4n) is 1.42. The number of aromatic nitrogens is 1. The summed E-state index contributed by atoms with van der Waals surface area (Å²) in [5.41, 5.74) is 0.851. The molecule has 0 spiro atoms. The van der Waals surface area contributed by atoms with Crippen LogP contribution in [-0.2, 0) is 0 Å². The standard InChI is InChI=1S/C10H9BrN2OS/c11-6-3-4-7-9(8(6)14)15-10(13-7)12-5-1-2-5/h3-5,14H,1-2H2,(H,12,13). The van der Waals surface area contributed by atoms with Gasteiger partial charge in [0.25, 0.3) is 0 Å². The van der Waals surface area contributed by atoms with E-state index in [1.165, 1.54) is 24.2 Å². The maximum atomic E-state index is 9.82. The fraction of sp³-hybridized carbons (Fsp3) is 0.300. The molecule has 1 aromatic carbocycles. The Morgan fingerprint density at radius 3 is 3.00 bits per heavy atom. The first-order valence-corrected chi connectivity index (χ1v) is 6.39. The normalized spacial score (nSPS) is 15.8. The van der Waals surface area contributed by atoms with Crippen molar-refractivity contribution in [1.29, 1.82) is 0 Å². The van der Waals surface area contributed by atoms with E-state index in [0.29, 0.717) is 6.04 Å². The number of anilines is 1. The van der Waals surface area contributed by atoms with Crippen molar-refractivity contribution in [3.05, 3.63) is 16.6 Å². The second-order valence-corrected chi connectivity index (χ2v) is 5.54. The van der Waals surface area contributed by atoms with Crippen molar-refractivity contribution in [2.75, 3.05) is 5.32 Å². The Labute approximate surface area is 99.3 Å². The first-order chi connectivity index (χ1) is 7.24. The number of aromatic hydroxyl groups is 1. The first-order valence-electron chi connectivity index (χ1n) is 4.78. The van der Waals surface area contributed by atoms with Crippen LogP contribution in [0.25, 0.3) is 10.2 Å². The molecule has 5 heteroatoms. The molecule has 0 saturated heterocycles. The highest BCUT2D eigenvalue weighted by molar-refractivity contribution is 9.10. The molecule has 0 aliphatic heterocycles. The summed E-state index contributed by atoms with van der Waals surface area (Å²) in [5.74, 6) is 0.286. The molecule has 0 bridgehead atoms. The molecule has 2 aromatic rings. The molecule has 2 N–H and O–H groups in total. The number of hydrogen-bond donors (Lipinski definition) is 2. The highest BCUT2D eigenvalue weighted by atomic mass is 79.9. The second kappa shape index (κ2) is 3.35. The summed E-state index contributed by atoms with van der Waals surface area (Å²) >= 11 is 4.80. The van der Waals surface area contributed by atoms with Crippen LogP contribution in [0.3, 0.4) is 0 Å². The minimum Gasteiger partial charge on any atom is -0.505 e. The van der Waals surface area contributed by atoms with Crippen LogP contribution in [-0.4, -0.2) is 16.1 Å². The van der Waals surface area contributed by atoms with Crippen LogP contribution >= 0.6 is 27.3 Å². The van der Waals surface area contributed by atoms with Gasteiger partial charge in [-0.15, -0.1) is 0 Å². The molecule has 1 aromatic heterocycles. The van der Waals surface area contributed by atoms with E-state index >= 15 is 0 Å². The minimum atomic E-state index is 0.286. The van der Waals surface area contributed by atoms with Gasteiger partial charge < -0.3 is 10.4 Å². The van der Waals surface area contributed by atoms with E-state index in [0.717, 1.165) is 19.8 Å². The molecule has 1 saturated carbocycles. The Morgan fingerprint density at radius 1 is 1.47 bits per heavy atom. The van der Waals surface area contributed by atoms with Crippen molar-refractivity contribution in [3.8, 4) is 5.75 Å². The van der Waals surface area contributed by atoms with Crippen molar-refractivity contribution in [3.63, 3.8) is 0 Å². The number of halogens is 1. The number of nitrogens with one attached hydrogen (secondary N) is 1. The summed E-state index contributed by atoms with van der Waals surface area (Å²) in [6.07, 6.45) is 2.46. The lowest BCUT2D eigenvalue weighted by atomic mass is 10.3. The maximum absolute atomic E-state index is 9.82.